The third kappa shape index (κ3) is 2.29. The molecule has 0 unspecified atom stereocenters. The van der Waals surface area contributed by atoms with Crippen molar-refractivity contribution in [2.75, 3.05) is 11.4 Å². The molecule has 0 radical (unpaired) electrons. The van der Waals surface area contributed by atoms with E-state index in [0.29, 0.717) is 11.5 Å². The molecule has 1 fully saturated rings. The van der Waals surface area contributed by atoms with E-state index in [0.717, 1.165) is 47.6 Å². The maximum atomic E-state index is 9.25. The van der Waals surface area contributed by atoms with Crippen LogP contribution in [-0.4, -0.2) is 26.4 Å². The zero-order valence-corrected chi connectivity index (χ0v) is 15.3. The summed E-state index contributed by atoms with van der Waals surface area (Å²) in [5.74, 6) is 2.43. The molecular formula is C22H18N6. The fourth-order valence-corrected chi connectivity index (χ4v) is 4.22. The summed E-state index contributed by atoms with van der Waals surface area (Å²) in [7, 11) is 0. The van der Waals surface area contributed by atoms with Gasteiger partial charge in [-0.25, -0.2) is 0 Å². The van der Waals surface area contributed by atoms with Gasteiger partial charge < -0.3 is 4.90 Å². The molecule has 2 aromatic heterocycles. The monoisotopic (exact) mass is 366 g/mol. The summed E-state index contributed by atoms with van der Waals surface area (Å²) < 4.78 is 1.95. The third-order valence-electron chi connectivity index (χ3n) is 5.86. The lowest BCUT2D eigenvalue weighted by Gasteiger charge is -2.30. The van der Waals surface area contributed by atoms with Crippen molar-refractivity contribution in [2.45, 2.75) is 31.7 Å². The van der Waals surface area contributed by atoms with Gasteiger partial charge in [0.05, 0.1) is 11.6 Å². The van der Waals surface area contributed by atoms with Gasteiger partial charge in [-0.2, -0.15) is 9.78 Å². The largest absolute Gasteiger partial charge is 0.350 e. The van der Waals surface area contributed by atoms with E-state index in [1.54, 1.807) is 0 Å². The summed E-state index contributed by atoms with van der Waals surface area (Å²) in [6, 6.07) is 16.6. The second-order valence-corrected chi connectivity index (χ2v) is 7.70. The molecule has 0 saturated heterocycles. The van der Waals surface area contributed by atoms with E-state index in [1.165, 1.54) is 24.0 Å². The SMILES string of the molecule is N#Cc1ccc2c(c1)CN(c1nn3c(C4CC4)nnc3c3ccccc13)CC2. The van der Waals surface area contributed by atoms with Crippen LogP contribution in [0.15, 0.2) is 42.5 Å². The maximum Gasteiger partial charge on any atom is 0.185 e. The molecule has 28 heavy (non-hydrogen) atoms. The zero-order valence-electron chi connectivity index (χ0n) is 15.3. The fraction of sp³-hybridized carbons (Fsp3) is 0.273. The minimum absolute atomic E-state index is 0.483. The van der Waals surface area contributed by atoms with Gasteiger partial charge in [-0.15, -0.1) is 15.3 Å². The Bertz CT molecular complexity index is 1280. The predicted octanol–water partition coefficient (Wildman–Crippen LogP) is 3.59. The van der Waals surface area contributed by atoms with Gasteiger partial charge in [0.1, 0.15) is 0 Å². The van der Waals surface area contributed by atoms with E-state index >= 15 is 0 Å². The highest BCUT2D eigenvalue weighted by molar-refractivity contribution is 6.00. The molecule has 6 nitrogen and oxygen atoms in total. The quantitative estimate of drug-likeness (QED) is 0.542. The average molecular weight is 366 g/mol. The second-order valence-electron chi connectivity index (χ2n) is 7.70. The number of fused-ring (bicyclic) bond motifs is 4. The van der Waals surface area contributed by atoms with Crippen molar-refractivity contribution in [3.05, 3.63) is 65.0 Å². The van der Waals surface area contributed by atoms with Gasteiger partial charge >= 0.3 is 0 Å². The number of hydrogen-bond donors (Lipinski definition) is 0. The lowest BCUT2D eigenvalue weighted by atomic mass is 9.97. The number of benzene rings is 2. The molecule has 0 amide bonds. The number of nitrogens with zero attached hydrogens (tertiary/aromatic N) is 6. The Kier molecular flexibility index (Phi) is 3.21. The smallest absolute Gasteiger partial charge is 0.185 e. The minimum atomic E-state index is 0.483. The fourth-order valence-electron chi connectivity index (χ4n) is 4.22. The van der Waals surface area contributed by atoms with E-state index in [-0.39, 0.29) is 0 Å². The van der Waals surface area contributed by atoms with E-state index < -0.39 is 0 Å². The Morgan fingerprint density at radius 3 is 2.68 bits per heavy atom. The zero-order chi connectivity index (χ0) is 18.7. The first-order chi connectivity index (χ1) is 13.8. The van der Waals surface area contributed by atoms with Crippen LogP contribution in [-0.2, 0) is 13.0 Å². The van der Waals surface area contributed by atoms with Crippen LogP contribution in [0, 0.1) is 11.3 Å². The van der Waals surface area contributed by atoms with Crippen molar-refractivity contribution < 1.29 is 0 Å². The van der Waals surface area contributed by atoms with Crippen molar-refractivity contribution in [3.8, 4) is 6.07 Å². The van der Waals surface area contributed by atoms with Crippen LogP contribution in [0.1, 0.15) is 41.3 Å². The Morgan fingerprint density at radius 2 is 1.86 bits per heavy atom. The third-order valence-corrected chi connectivity index (χ3v) is 5.86. The van der Waals surface area contributed by atoms with Crippen LogP contribution >= 0.6 is 0 Å². The summed E-state index contributed by atoms with van der Waals surface area (Å²) in [5.41, 5.74) is 4.08. The van der Waals surface area contributed by atoms with Gasteiger partial charge in [-0.1, -0.05) is 30.3 Å². The summed E-state index contributed by atoms with van der Waals surface area (Å²) in [6.07, 6.45) is 3.28. The Morgan fingerprint density at radius 1 is 1.00 bits per heavy atom. The lowest BCUT2D eigenvalue weighted by Crippen LogP contribution is -2.31. The Labute approximate surface area is 162 Å². The highest BCUT2D eigenvalue weighted by Gasteiger charge is 2.30. The molecule has 6 rings (SSSR count). The molecule has 4 aromatic rings. The van der Waals surface area contributed by atoms with E-state index in [2.05, 4.69) is 39.4 Å². The van der Waals surface area contributed by atoms with E-state index in [9.17, 15) is 5.26 Å². The standard InChI is InChI=1S/C22H18N6/c23-12-14-5-6-15-9-10-27(13-17(15)11-14)22-19-4-2-1-3-18(19)21-25-24-20(16-7-8-16)28(21)26-22/h1-6,11,16H,7-10,13H2. The summed E-state index contributed by atoms with van der Waals surface area (Å²) in [6.45, 7) is 1.66. The van der Waals surface area contributed by atoms with Gasteiger partial charge in [0.2, 0.25) is 0 Å². The lowest BCUT2D eigenvalue weighted by molar-refractivity contribution is 0.705. The molecule has 6 heteroatoms. The van der Waals surface area contributed by atoms with Crippen molar-refractivity contribution in [1.29, 1.82) is 5.26 Å². The van der Waals surface area contributed by atoms with Crippen molar-refractivity contribution in [1.82, 2.24) is 19.8 Å². The minimum Gasteiger partial charge on any atom is -0.350 e. The van der Waals surface area contributed by atoms with Crippen molar-refractivity contribution in [2.24, 2.45) is 0 Å². The van der Waals surface area contributed by atoms with Crippen LogP contribution in [0.5, 0.6) is 0 Å². The summed E-state index contributed by atoms with van der Waals surface area (Å²) in [5, 5.41) is 25.4. The first-order valence-electron chi connectivity index (χ1n) is 9.73. The molecule has 1 aliphatic heterocycles. The average Bonchev–Trinajstić information content (AvgIpc) is 3.51. The van der Waals surface area contributed by atoms with Gasteiger partial charge in [0.15, 0.2) is 17.3 Å². The van der Waals surface area contributed by atoms with E-state index in [1.807, 2.05) is 28.8 Å². The molecule has 0 N–H and O–H groups in total. The van der Waals surface area contributed by atoms with Gasteiger partial charge in [0.25, 0.3) is 0 Å². The highest BCUT2D eigenvalue weighted by Crippen LogP contribution is 2.40. The molecule has 2 aliphatic rings. The molecule has 3 heterocycles. The molecule has 0 bridgehead atoms. The molecule has 136 valence electrons. The van der Waals surface area contributed by atoms with Crippen molar-refractivity contribution in [3.63, 3.8) is 0 Å². The molecule has 1 aliphatic carbocycles. The van der Waals surface area contributed by atoms with E-state index in [4.69, 9.17) is 5.10 Å². The van der Waals surface area contributed by atoms with Gasteiger partial charge in [0, 0.05) is 29.8 Å². The maximum absolute atomic E-state index is 9.25. The second kappa shape index (κ2) is 5.77. The number of aromatic nitrogens is 4. The Balaban J connectivity index is 1.53. The number of hydrogen-bond acceptors (Lipinski definition) is 5. The predicted molar refractivity (Wildman–Crippen MR) is 106 cm³/mol. The van der Waals surface area contributed by atoms with Crippen molar-refractivity contribution >= 4 is 22.2 Å². The molecular weight excluding hydrogens is 348 g/mol. The first kappa shape index (κ1) is 15.6. The molecule has 0 atom stereocenters. The van der Waals surface area contributed by atoms with Gasteiger partial charge in [-0.3, -0.25) is 0 Å². The first-order valence-corrected chi connectivity index (χ1v) is 9.73. The topological polar surface area (TPSA) is 70.1 Å². The molecule has 2 aromatic carbocycles. The van der Waals surface area contributed by atoms with Crippen LogP contribution in [0.3, 0.4) is 0 Å². The number of nitriles is 1. The summed E-state index contributed by atoms with van der Waals surface area (Å²) >= 11 is 0. The van der Waals surface area contributed by atoms with Crippen LogP contribution in [0.25, 0.3) is 16.4 Å². The summed E-state index contributed by atoms with van der Waals surface area (Å²) in [4.78, 5) is 2.32. The number of rotatable bonds is 2. The number of anilines is 1. The molecule has 1 saturated carbocycles. The molecule has 0 spiro atoms. The van der Waals surface area contributed by atoms with Crippen LogP contribution in [0.2, 0.25) is 0 Å². The van der Waals surface area contributed by atoms with Gasteiger partial charge in [-0.05, 0) is 42.5 Å². The Hall–Kier alpha value is -3.46. The normalized spacial score (nSPS) is 16.3. The highest BCUT2D eigenvalue weighted by atomic mass is 15.4. The van der Waals surface area contributed by atoms with Crippen LogP contribution < -0.4 is 4.90 Å². The van der Waals surface area contributed by atoms with Crippen LogP contribution in [0.4, 0.5) is 5.82 Å².